The van der Waals surface area contributed by atoms with Crippen LogP contribution in [0.15, 0.2) is 0 Å². The van der Waals surface area contributed by atoms with Gasteiger partial charge in [-0.3, -0.25) is 4.79 Å². The standard InChI is InChI=1S/C9H16N2O2/c10-7-4-13-5-8(7)11-9(12)3-6-1-2-6/h6-8H,1-5,10H2,(H,11,12). The molecule has 4 heteroatoms. The van der Waals surface area contributed by atoms with Crippen LogP contribution >= 0.6 is 0 Å². The van der Waals surface area contributed by atoms with Gasteiger partial charge in [0.15, 0.2) is 0 Å². The highest BCUT2D eigenvalue weighted by Crippen LogP contribution is 2.32. The quantitative estimate of drug-likeness (QED) is 0.629. The van der Waals surface area contributed by atoms with Crippen LogP contribution in [0.1, 0.15) is 19.3 Å². The van der Waals surface area contributed by atoms with Gasteiger partial charge < -0.3 is 15.8 Å². The SMILES string of the molecule is NC1COCC1NC(=O)CC1CC1. The molecule has 0 spiro atoms. The maximum absolute atomic E-state index is 11.4. The molecule has 4 nitrogen and oxygen atoms in total. The monoisotopic (exact) mass is 184 g/mol. The number of hydrogen-bond acceptors (Lipinski definition) is 3. The Labute approximate surface area is 77.8 Å². The summed E-state index contributed by atoms with van der Waals surface area (Å²) in [6.45, 7) is 1.13. The van der Waals surface area contributed by atoms with Crippen molar-refractivity contribution in [2.24, 2.45) is 11.7 Å². The third-order valence-electron chi connectivity index (χ3n) is 2.64. The third kappa shape index (κ3) is 2.42. The molecule has 1 saturated carbocycles. The number of ether oxygens (including phenoxy) is 1. The Hall–Kier alpha value is -0.610. The van der Waals surface area contributed by atoms with Crippen molar-refractivity contribution in [1.29, 1.82) is 0 Å². The zero-order valence-electron chi connectivity index (χ0n) is 7.66. The van der Waals surface area contributed by atoms with Crippen molar-refractivity contribution in [3.63, 3.8) is 0 Å². The molecule has 2 atom stereocenters. The van der Waals surface area contributed by atoms with Gasteiger partial charge in [0.05, 0.1) is 25.3 Å². The summed E-state index contributed by atoms with van der Waals surface area (Å²) in [5.74, 6) is 0.770. The largest absolute Gasteiger partial charge is 0.378 e. The molecule has 74 valence electrons. The first-order valence-corrected chi connectivity index (χ1v) is 4.88. The molecule has 2 aliphatic rings. The van der Waals surface area contributed by atoms with Gasteiger partial charge in [-0.1, -0.05) is 0 Å². The van der Waals surface area contributed by atoms with E-state index >= 15 is 0 Å². The van der Waals surface area contributed by atoms with E-state index in [9.17, 15) is 4.79 Å². The van der Waals surface area contributed by atoms with Crippen molar-refractivity contribution < 1.29 is 9.53 Å². The maximum Gasteiger partial charge on any atom is 0.220 e. The molecule has 2 unspecified atom stereocenters. The molecule has 1 heterocycles. The summed E-state index contributed by atoms with van der Waals surface area (Å²) in [5.41, 5.74) is 5.73. The smallest absolute Gasteiger partial charge is 0.220 e. The van der Waals surface area contributed by atoms with E-state index in [-0.39, 0.29) is 18.0 Å². The van der Waals surface area contributed by atoms with Gasteiger partial charge in [0.1, 0.15) is 0 Å². The van der Waals surface area contributed by atoms with Crippen LogP contribution in [0, 0.1) is 5.92 Å². The Morgan fingerprint density at radius 3 is 2.77 bits per heavy atom. The number of amides is 1. The van der Waals surface area contributed by atoms with Gasteiger partial charge in [-0.25, -0.2) is 0 Å². The van der Waals surface area contributed by atoms with Crippen molar-refractivity contribution in [3.05, 3.63) is 0 Å². The number of hydrogen-bond donors (Lipinski definition) is 2. The Morgan fingerprint density at radius 2 is 2.23 bits per heavy atom. The van der Waals surface area contributed by atoms with Gasteiger partial charge in [-0.15, -0.1) is 0 Å². The van der Waals surface area contributed by atoms with Gasteiger partial charge in [0.2, 0.25) is 5.91 Å². The lowest BCUT2D eigenvalue weighted by atomic mass is 10.1. The van der Waals surface area contributed by atoms with Crippen LogP contribution in [0.3, 0.4) is 0 Å². The summed E-state index contributed by atoms with van der Waals surface area (Å²) >= 11 is 0. The second-order valence-corrected chi connectivity index (χ2v) is 4.02. The van der Waals surface area contributed by atoms with Crippen molar-refractivity contribution in [3.8, 4) is 0 Å². The molecule has 0 aromatic carbocycles. The predicted molar refractivity (Wildman–Crippen MR) is 48.1 cm³/mol. The Bertz CT molecular complexity index is 204. The molecule has 2 rings (SSSR count). The van der Waals surface area contributed by atoms with E-state index in [0.29, 0.717) is 25.6 Å². The van der Waals surface area contributed by atoms with Crippen LogP contribution in [0.25, 0.3) is 0 Å². The Balaban J connectivity index is 1.72. The minimum atomic E-state index is -0.0249. The van der Waals surface area contributed by atoms with Crippen LogP contribution in [0.4, 0.5) is 0 Å². The molecule has 13 heavy (non-hydrogen) atoms. The molecule has 1 amide bonds. The average molecular weight is 184 g/mol. The highest BCUT2D eigenvalue weighted by Gasteiger charge is 2.29. The van der Waals surface area contributed by atoms with Gasteiger partial charge in [0.25, 0.3) is 0 Å². The summed E-state index contributed by atoms with van der Waals surface area (Å²) in [6.07, 6.45) is 3.09. The van der Waals surface area contributed by atoms with E-state index in [4.69, 9.17) is 10.5 Å². The first kappa shape index (κ1) is 8.97. The second kappa shape index (κ2) is 3.64. The number of nitrogens with two attached hydrogens (primary N) is 1. The summed E-state index contributed by atoms with van der Waals surface area (Å²) < 4.78 is 5.15. The summed E-state index contributed by atoms with van der Waals surface area (Å²) in [7, 11) is 0. The first-order chi connectivity index (χ1) is 6.25. The molecule has 3 N–H and O–H groups in total. The van der Waals surface area contributed by atoms with Gasteiger partial charge >= 0.3 is 0 Å². The highest BCUT2D eigenvalue weighted by atomic mass is 16.5. The lowest BCUT2D eigenvalue weighted by molar-refractivity contribution is -0.122. The molecule has 0 bridgehead atoms. The lowest BCUT2D eigenvalue weighted by Gasteiger charge is -2.14. The van der Waals surface area contributed by atoms with Crippen molar-refractivity contribution in [1.82, 2.24) is 5.32 Å². The van der Waals surface area contributed by atoms with Crippen LogP contribution in [-0.2, 0) is 9.53 Å². The van der Waals surface area contributed by atoms with E-state index in [2.05, 4.69) is 5.32 Å². The van der Waals surface area contributed by atoms with Crippen LogP contribution in [0.5, 0.6) is 0 Å². The van der Waals surface area contributed by atoms with E-state index < -0.39 is 0 Å². The number of carbonyl (C=O) groups is 1. The average Bonchev–Trinajstić information content (AvgIpc) is 2.79. The van der Waals surface area contributed by atoms with Crippen LogP contribution < -0.4 is 11.1 Å². The van der Waals surface area contributed by atoms with E-state index in [1.807, 2.05) is 0 Å². The molecule has 0 radical (unpaired) electrons. The molecule has 0 aromatic heterocycles. The fraction of sp³-hybridized carbons (Fsp3) is 0.889. The van der Waals surface area contributed by atoms with E-state index in [1.165, 1.54) is 12.8 Å². The van der Waals surface area contributed by atoms with Crippen LogP contribution in [0.2, 0.25) is 0 Å². The fourth-order valence-corrected chi connectivity index (χ4v) is 1.57. The number of rotatable bonds is 3. The zero-order chi connectivity index (χ0) is 9.26. The molecular weight excluding hydrogens is 168 g/mol. The summed E-state index contributed by atoms with van der Waals surface area (Å²) in [6, 6.07) is 0.00871. The summed E-state index contributed by atoms with van der Waals surface area (Å²) in [4.78, 5) is 11.4. The normalized spacial score (nSPS) is 33.3. The molecule has 2 fully saturated rings. The number of nitrogens with one attached hydrogen (secondary N) is 1. The van der Waals surface area contributed by atoms with Crippen molar-refractivity contribution in [2.45, 2.75) is 31.3 Å². The van der Waals surface area contributed by atoms with Crippen molar-refractivity contribution in [2.75, 3.05) is 13.2 Å². The van der Waals surface area contributed by atoms with Crippen molar-refractivity contribution >= 4 is 5.91 Å². The zero-order valence-corrected chi connectivity index (χ0v) is 7.66. The minimum absolute atomic E-state index is 0.0249. The van der Waals surface area contributed by atoms with Gasteiger partial charge in [0, 0.05) is 6.42 Å². The summed E-state index contributed by atoms with van der Waals surface area (Å²) in [5, 5.41) is 2.91. The van der Waals surface area contributed by atoms with Gasteiger partial charge in [-0.05, 0) is 18.8 Å². The molecule has 1 aliphatic heterocycles. The second-order valence-electron chi connectivity index (χ2n) is 4.02. The van der Waals surface area contributed by atoms with E-state index in [0.717, 1.165) is 0 Å². The number of carbonyl (C=O) groups excluding carboxylic acids is 1. The maximum atomic E-state index is 11.4. The Kier molecular flexibility index (Phi) is 2.51. The fourth-order valence-electron chi connectivity index (χ4n) is 1.57. The predicted octanol–water partition coefficient (Wildman–Crippen LogP) is -0.371. The molecule has 1 aliphatic carbocycles. The van der Waals surface area contributed by atoms with Crippen LogP contribution in [-0.4, -0.2) is 31.2 Å². The Morgan fingerprint density at radius 1 is 1.46 bits per heavy atom. The lowest BCUT2D eigenvalue weighted by Crippen LogP contribution is -2.46. The molecule has 1 saturated heterocycles. The topological polar surface area (TPSA) is 64.3 Å². The molecule has 0 aromatic rings. The minimum Gasteiger partial charge on any atom is -0.378 e. The van der Waals surface area contributed by atoms with E-state index in [1.54, 1.807) is 0 Å². The van der Waals surface area contributed by atoms with Gasteiger partial charge in [-0.2, -0.15) is 0 Å². The highest BCUT2D eigenvalue weighted by molar-refractivity contribution is 5.76. The third-order valence-corrected chi connectivity index (χ3v) is 2.64. The molecular formula is C9H16N2O2. The first-order valence-electron chi connectivity index (χ1n) is 4.88.